The molecule has 1 heterocycles. The summed E-state index contributed by atoms with van der Waals surface area (Å²) in [7, 11) is 0. The van der Waals surface area contributed by atoms with Crippen molar-refractivity contribution in [2.24, 2.45) is 5.92 Å². The van der Waals surface area contributed by atoms with Crippen LogP contribution in [0.3, 0.4) is 0 Å². The smallest absolute Gasteiger partial charge is 0.195 e. The second kappa shape index (κ2) is 5.32. The summed E-state index contributed by atoms with van der Waals surface area (Å²) in [6, 6.07) is 4.78. The van der Waals surface area contributed by atoms with Crippen LogP contribution in [0.25, 0.3) is 11.4 Å². The summed E-state index contributed by atoms with van der Waals surface area (Å²) in [5, 5.41) is 6.85. The Kier molecular flexibility index (Phi) is 3.97. The fraction of sp³-hybridized carbons (Fsp3) is 0.333. The lowest BCUT2D eigenvalue weighted by Gasteiger charge is -2.10. The van der Waals surface area contributed by atoms with Crippen LogP contribution < -0.4 is 0 Å². The van der Waals surface area contributed by atoms with Crippen molar-refractivity contribution in [1.82, 2.24) is 14.8 Å². The number of hydrogen-bond acceptors (Lipinski definition) is 2. The summed E-state index contributed by atoms with van der Waals surface area (Å²) >= 11 is 8.51. The number of rotatable bonds is 3. The molecule has 1 N–H and O–H groups in total. The molecular weight excluding hydrogens is 317 g/mol. The highest BCUT2D eigenvalue weighted by Gasteiger charge is 2.14. The molecule has 0 amide bonds. The number of aromatic nitrogens is 3. The van der Waals surface area contributed by atoms with Gasteiger partial charge in [-0.2, -0.15) is 5.10 Å². The van der Waals surface area contributed by atoms with Gasteiger partial charge in [-0.15, -0.1) is 0 Å². The minimum absolute atomic E-state index is 0.308. The average Bonchev–Trinajstić information content (AvgIpc) is 2.64. The first kappa shape index (κ1) is 13.4. The number of halogens is 2. The molecule has 2 aromatic rings. The molecule has 0 atom stereocenters. The zero-order valence-corrected chi connectivity index (χ0v) is 12.5. The lowest BCUT2D eigenvalue weighted by Crippen LogP contribution is -2.07. The maximum Gasteiger partial charge on any atom is 0.195 e. The molecule has 0 saturated heterocycles. The van der Waals surface area contributed by atoms with Gasteiger partial charge in [0.1, 0.15) is 5.82 Å². The lowest BCUT2D eigenvalue weighted by molar-refractivity contribution is 0.520. The third kappa shape index (κ3) is 2.70. The highest BCUT2D eigenvalue weighted by molar-refractivity contribution is 9.10. The number of nitrogens with zero attached hydrogens (tertiary/aromatic N) is 2. The van der Waals surface area contributed by atoms with Crippen LogP contribution in [0.15, 0.2) is 22.7 Å². The molecular formula is C12H13BrFN3S. The summed E-state index contributed by atoms with van der Waals surface area (Å²) < 4.78 is 17.0. The summed E-state index contributed by atoms with van der Waals surface area (Å²) in [5.41, 5.74) is 0.442. The zero-order chi connectivity index (χ0) is 13.3. The van der Waals surface area contributed by atoms with Gasteiger partial charge in [0.25, 0.3) is 0 Å². The largest absolute Gasteiger partial charge is 0.300 e. The minimum Gasteiger partial charge on any atom is -0.300 e. The topological polar surface area (TPSA) is 33.6 Å². The van der Waals surface area contributed by atoms with E-state index in [-0.39, 0.29) is 5.82 Å². The van der Waals surface area contributed by atoms with E-state index in [1.54, 1.807) is 12.1 Å². The predicted molar refractivity (Wildman–Crippen MR) is 75.3 cm³/mol. The molecule has 0 spiro atoms. The van der Waals surface area contributed by atoms with Gasteiger partial charge in [-0.05, 0) is 36.3 Å². The molecule has 18 heavy (non-hydrogen) atoms. The molecule has 0 bridgehead atoms. The van der Waals surface area contributed by atoms with Crippen molar-refractivity contribution < 1.29 is 4.39 Å². The molecule has 1 aromatic carbocycles. The van der Waals surface area contributed by atoms with E-state index in [0.29, 0.717) is 28.6 Å². The fourth-order valence-corrected chi connectivity index (χ4v) is 2.29. The Balaban J connectivity index is 2.57. The van der Waals surface area contributed by atoms with Crippen molar-refractivity contribution >= 4 is 28.1 Å². The SMILES string of the molecule is CC(C)Cn1c(-c2cc(Br)ccc2F)n[nH]c1=S. The Morgan fingerprint density at radius 3 is 2.89 bits per heavy atom. The highest BCUT2D eigenvalue weighted by Crippen LogP contribution is 2.25. The third-order valence-electron chi connectivity index (χ3n) is 2.48. The molecule has 0 saturated carbocycles. The molecule has 6 heteroatoms. The number of nitrogens with one attached hydrogen (secondary N) is 1. The van der Waals surface area contributed by atoms with Gasteiger partial charge in [0.05, 0.1) is 5.56 Å². The van der Waals surface area contributed by atoms with Gasteiger partial charge >= 0.3 is 0 Å². The van der Waals surface area contributed by atoms with E-state index in [1.165, 1.54) is 6.07 Å². The molecule has 0 aliphatic rings. The number of aromatic amines is 1. The highest BCUT2D eigenvalue weighted by atomic mass is 79.9. The van der Waals surface area contributed by atoms with E-state index in [2.05, 4.69) is 40.0 Å². The van der Waals surface area contributed by atoms with E-state index in [1.807, 2.05) is 4.57 Å². The summed E-state index contributed by atoms with van der Waals surface area (Å²) in [6.45, 7) is 4.86. The van der Waals surface area contributed by atoms with Crippen LogP contribution in [-0.2, 0) is 6.54 Å². The lowest BCUT2D eigenvalue weighted by atomic mass is 10.2. The van der Waals surface area contributed by atoms with Crippen LogP contribution in [0.2, 0.25) is 0 Å². The Morgan fingerprint density at radius 2 is 2.22 bits per heavy atom. The fourth-order valence-electron chi connectivity index (χ4n) is 1.73. The van der Waals surface area contributed by atoms with Gasteiger partial charge in [0.15, 0.2) is 10.6 Å². The molecule has 0 unspecified atom stereocenters. The van der Waals surface area contributed by atoms with Crippen molar-refractivity contribution in [1.29, 1.82) is 0 Å². The summed E-state index contributed by atoms with van der Waals surface area (Å²) in [5.74, 6) is 0.632. The van der Waals surface area contributed by atoms with E-state index in [4.69, 9.17) is 12.2 Å². The van der Waals surface area contributed by atoms with Crippen molar-refractivity contribution in [2.75, 3.05) is 0 Å². The molecule has 3 nitrogen and oxygen atoms in total. The molecule has 0 aliphatic heterocycles. The monoisotopic (exact) mass is 329 g/mol. The predicted octanol–water partition coefficient (Wildman–Crippen LogP) is 4.17. The van der Waals surface area contributed by atoms with Gasteiger partial charge in [-0.3, -0.25) is 9.67 Å². The molecule has 0 fully saturated rings. The van der Waals surface area contributed by atoms with Crippen LogP contribution in [-0.4, -0.2) is 14.8 Å². The van der Waals surface area contributed by atoms with Gasteiger partial charge < -0.3 is 0 Å². The second-order valence-corrected chi connectivity index (χ2v) is 5.78. The normalized spacial score (nSPS) is 11.2. The van der Waals surface area contributed by atoms with E-state index < -0.39 is 0 Å². The molecule has 1 aromatic heterocycles. The van der Waals surface area contributed by atoms with Gasteiger partial charge in [0, 0.05) is 11.0 Å². The maximum absolute atomic E-state index is 13.9. The standard InChI is InChI=1S/C12H13BrFN3S/c1-7(2)6-17-11(15-16-12(17)18)9-5-8(13)3-4-10(9)14/h3-5,7H,6H2,1-2H3,(H,16,18). The third-order valence-corrected chi connectivity index (χ3v) is 3.28. The van der Waals surface area contributed by atoms with Crippen LogP contribution in [0.4, 0.5) is 4.39 Å². The van der Waals surface area contributed by atoms with Crippen LogP contribution in [0.5, 0.6) is 0 Å². The Labute approximate surface area is 118 Å². The summed E-state index contributed by atoms with van der Waals surface area (Å²) in [4.78, 5) is 0. The van der Waals surface area contributed by atoms with E-state index in [0.717, 1.165) is 4.47 Å². The Morgan fingerprint density at radius 1 is 1.50 bits per heavy atom. The van der Waals surface area contributed by atoms with Gasteiger partial charge in [-0.25, -0.2) is 4.39 Å². The minimum atomic E-state index is -0.308. The number of hydrogen-bond donors (Lipinski definition) is 1. The maximum atomic E-state index is 13.9. The molecule has 96 valence electrons. The first-order valence-corrected chi connectivity index (χ1v) is 6.79. The van der Waals surface area contributed by atoms with Gasteiger partial charge in [-0.1, -0.05) is 29.8 Å². The van der Waals surface area contributed by atoms with Crippen LogP contribution in [0, 0.1) is 16.5 Å². The zero-order valence-electron chi connectivity index (χ0n) is 10.1. The van der Waals surface area contributed by atoms with E-state index in [9.17, 15) is 4.39 Å². The first-order chi connectivity index (χ1) is 8.49. The Bertz CT molecular complexity index is 618. The van der Waals surface area contributed by atoms with Crippen LogP contribution in [0.1, 0.15) is 13.8 Å². The quantitative estimate of drug-likeness (QED) is 0.857. The number of H-pyrrole nitrogens is 1. The first-order valence-electron chi connectivity index (χ1n) is 5.59. The number of benzene rings is 1. The van der Waals surface area contributed by atoms with Crippen molar-refractivity contribution in [3.05, 3.63) is 33.3 Å². The molecule has 0 radical (unpaired) electrons. The van der Waals surface area contributed by atoms with Gasteiger partial charge in [0.2, 0.25) is 0 Å². The Hall–Kier alpha value is -1.01. The molecule has 0 aliphatic carbocycles. The van der Waals surface area contributed by atoms with Crippen molar-refractivity contribution in [2.45, 2.75) is 20.4 Å². The van der Waals surface area contributed by atoms with Crippen molar-refractivity contribution in [3.63, 3.8) is 0 Å². The van der Waals surface area contributed by atoms with E-state index >= 15 is 0 Å². The average molecular weight is 330 g/mol. The van der Waals surface area contributed by atoms with Crippen molar-refractivity contribution in [3.8, 4) is 11.4 Å². The second-order valence-electron chi connectivity index (χ2n) is 4.48. The summed E-state index contributed by atoms with van der Waals surface area (Å²) in [6.07, 6.45) is 0. The molecule has 2 rings (SSSR count). The van der Waals surface area contributed by atoms with Crippen LogP contribution >= 0.6 is 28.1 Å².